The molecule has 0 bridgehead atoms. The summed E-state index contributed by atoms with van der Waals surface area (Å²) >= 11 is 0.851. The fraction of sp³-hybridized carbons (Fsp3) is 0.292. The van der Waals surface area contributed by atoms with E-state index in [1.807, 2.05) is 0 Å². The van der Waals surface area contributed by atoms with Crippen LogP contribution in [0.5, 0.6) is 11.5 Å². The monoisotopic (exact) mass is 496 g/mol. The number of pyridine rings is 1. The first-order valence-corrected chi connectivity index (χ1v) is 11.7. The van der Waals surface area contributed by atoms with Crippen LogP contribution >= 0.6 is 11.8 Å². The first-order valence-electron chi connectivity index (χ1n) is 10.9. The minimum Gasteiger partial charge on any atom is -0.497 e. The number of imide groups is 1. The van der Waals surface area contributed by atoms with Crippen LogP contribution in [-0.4, -0.2) is 66.7 Å². The van der Waals surface area contributed by atoms with Crippen molar-refractivity contribution in [1.29, 1.82) is 0 Å². The van der Waals surface area contributed by atoms with E-state index in [-0.39, 0.29) is 37.9 Å². The molecule has 0 radical (unpaired) electrons. The molecule has 2 saturated heterocycles. The second-order valence-corrected chi connectivity index (χ2v) is 8.85. The molecule has 0 spiro atoms. The zero-order chi connectivity index (χ0) is 24.9. The van der Waals surface area contributed by atoms with Gasteiger partial charge < -0.3 is 19.7 Å². The van der Waals surface area contributed by atoms with Crippen molar-refractivity contribution in [3.05, 3.63) is 53.2 Å². The van der Waals surface area contributed by atoms with Gasteiger partial charge in [-0.1, -0.05) is 6.07 Å². The van der Waals surface area contributed by atoms with Crippen LogP contribution in [0.2, 0.25) is 0 Å². The molecule has 4 amide bonds. The van der Waals surface area contributed by atoms with Gasteiger partial charge in [-0.3, -0.25) is 29.1 Å². The maximum absolute atomic E-state index is 12.7. The third-order valence-corrected chi connectivity index (χ3v) is 6.57. The molecule has 2 aliphatic rings. The second kappa shape index (κ2) is 10.6. The predicted octanol–water partition coefficient (Wildman–Crippen LogP) is 2.30. The topological polar surface area (TPSA) is 118 Å². The van der Waals surface area contributed by atoms with E-state index in [2.05, 4.69) is 10.3 Å². The lowest BCUT2D eigenvalue weighted by molar-refractivity contribution is -0.127. The summed E-state index contributed by atoms with van der Waals surface area (Å²) in [7, 11) is 3.04. The molecule has 10 nitrogen and oxygen atoms in total. The van der Waals surface area contributed by atoms with Crippen LogP contribution in [0.1, 0.15) is 12.0 Å². The number of carbonyl (C=O) groups excluding carboxylic acids is 4. The molecule has 1 aromatic carbocycles. The van der Waals surface area contributed by atoms with Crippen molar-refractivity contribution in [3.8, 4) is 11.5 Å². The molecule has 4 rings (SSSR count). The normalized spacial score (nSPS) is 19.0. The lowest BCUT2D eigenvalue weighted by Crippen LogP contribution is -2.40. The Morgan fingerprint density at radius 2 is 2.06 bits per heavy atom. The van der Waals surface area contributed by atoms with Gasteiger partial charge in [0.1, 0.15) is 11.5 Å². The highest BCUT2D eigenvalue weighted by Crippen LogP contribution is 2.36. The number of hydrogen-bond acceptors (Lipinski definition) is 8. The average molecular weight is 497 g/mol. The Labute approximate surface area is 206 Å². The molecular formula is C24H24N4O6S. The number of aromatic nitrogens is 1. The molecule has 11 heteroatoms. The van der Waals surface area contributed by atoms with Crippen LogP contribution in [0, 0.1) is 5.92 Å². The highest BCUT2D eigenvalue weighted by atomic mass is 32.2. The number of methoxy groups -OCH3 is 2. The smallest absolute Gasteiger partial charge is 0.293 e. The highest BCUT2D eigenvalue weighted by Gasteiger charge is 2.37. The van der Waals surface area contributed by atoms with Gasteiger partial charge in [-0.25, -0.2) is 0 Å². The summed E-state index contributed by atoms with van der Waals surface area (Å²) in [6.45, 7) is 0.327. The summed E-state index contributed by atoms with van der Waals surface area (Å²) in [5, 5.41) is 2.35. The Morgan fingerprint density at radius 1 is 1.23 bits per heavy atom. The highest BCUT2D eigenvalue weighted by molar-refractivity contribution is 8.18. The molecule has 2 aliphatic heterocycles. The molecule has 2 fully saturated rings. The van der Waals surface area contributed by atoms with E-state index in [1.165, 1.54) is 19.1 Å². The van der Waals surface area contributed by atoms with E-state index in [9.17, 15) is 19.2 Å². The van der Waals surface area contributed by atoms with Gasteiger partial charge >= 0.3 is 0 Å². The van der Waals surface area contributed by atoms with Crippen LogP contribution in [0.25, 0.3) is 6.08 Å². The second-order valence-electron chi connectivity index (χ2n) is 7.85. The standard InChI is InChI=1S/C24H24N4O6S/c1-33-17-5-6-18(19(12-17)34-2)28-14-16(11-21(28)29)22(30)26-8-9-27-23(31)20(35-24(27)32)10-15-4-3-7-25-13-15/h3-7,10,12-13,16H,8-9,11,14H2,1-2H3,(H,26,30)/b20-10-. The van der Waals surface area contributed by atoms with Crippen molar-refractivity contribution in [2.75, 3.05) is 38.8 Å². The van der Waals surface area contributed by atoms with E-state index < -0.39 is 17.1 Å². The third-order valence-electron chi connectivity index (χ3n) is 5.66. The Kier molecular flexibility index (Phi) is 7.35. The number of rotatable bonds is 8. The molecule has 2 aromatic rings. The van der Waals surface area contributed by atoms with Gasteiger partial charge in [0, 0.05) is 44.5 Å². The maximum atomic E-state index is 12.7. The van der Waals surface area contributed by atoms with Crippen molar-refractivity contribution < 1.29 is 28.7 Å². The number of benzene rings is 1. The van der Waals surface area contributed by atoms with Crippen molar-refractivity contribution in [3.63, 3.8) is 0 Å². The predicted molar refractivity (Wildman–Crippen MR) is 130 cm³/mol. The van der Waals surface area contributed by atoms with Crippen LogP contribution in [0.3, 0.4) is 0 Å². The summed E-state index contributed by atoms with van der Waals surface area (Å²) in [5.74, 6) is -0.417. The number of amides is 4. The van der Waals surface area contributed by atoms with Gasteiger partial charge in [0.2, 0.25) is 11.8 Å². The van der Waals surface area contributed by atoms with E-state index in [0.717, 1.165) is 22.2 Å². The van der Waals surface area contributed by atoms with Crippen LogP contribution in [-0.2, 0) is 14.4 Å². The zero-order valence-corrected chi connectivity index (χ0v) is 20.0. The van der Waals surface area contributed by atoms with Gasteiger partial charge in [-0.05, 0) is 41.6 Å². The number of anilines is 1. The number of carbonyl (C=O) groups is 4. The number of nitrogens with one attached hydrogen (secondary N) is 1. The fourth-order valence-corrected chi connectivity index (χ4v) is 4.73. The van der Waals surface area contributed by atoms with E-state index >= 15 is 0 Å². The Bertz CT molecular complexity index is 1190. The first-order chi connectivity index (χ1) is 16.9. The first kappa shape index (κ1) is 24.3. The molecule has 1 aromatic heterocycles. The summed E-state index contributed by atoms with van der Waals surface area (Å²) in [6, 6.07) is 8.64. The zero-order valence-electron chi connectivity index (χ0n) is 19.2. The van der Waals surface area contributed by atoms with E-state index in [1.54, 1.807) is 48.8 Å². The molecule has 0 saturated carbocycles. The fourth-order valence-electron chi connectivity index (χ4n) is 3.86. The SMILES string of the molecule is COc1ccc(N2CC(C(=O)NCCN3C(=O)S/C(=C\c4cccnc4)C3=O)CC2=O)c(OC)c1. The van der Waals surface area contributed by atoms with Crippen molar-refractivity contribution in [2.24, 2.45) is 5.92 Å². The minimum absolute atomic E-state index is 0.0392. The molecule has 182 valence electrons. The molecule has 0 aliphatic carbocycles. The summed E-state index contributed by atoms with van der Waals surface area (Å²) in [4.78, 5) is 57.1. The lowest BCUT2D eigenvalue weighted by atomic mass is 10.1. The lowest BCUT2D eigenvalue weighted by Gasteiger charge is -2.20. The summed E-state index contributed by atoms with van der Waals surface area (Å²) < 4.78 is 10.6. The number of thioether (sulfide) groups is 1. The van der Waals surface area contributed by atoms with Gasteiger partial charge in [0.05, 0.1) is 30.7 Å². The number of ether oxygens (including phenoxy) is 2. The molecular weight excluding hydrogens is 472 g/mol. The van der Waals surface area contributed by atoms with Crippen LogP contribution in [0.4, 0.5) is 10.5 Å². The Balaban J connectivity index is 1.32. The Morgan fingerprint density at radius 3 is 2.77 bits per heavy atom. The summed E-state index contributed by atoms with van der Waals surface area (Å²) in [5.41, 5.74) is 1.28. The molecule has 1 atom stereocenters. The minimum atomic E-state index is -0.560. The molecule has 3 heterocycles. The molecule has 1 N–H and O–H groups in total. The van der Waals surface area contributed by atoms with Crippen molar-refractivity contribution in [2.45, 2.75) is 6.42 Å². The maximum Gasteiger partial charge on any atom is 0.293 e. The van der Waals surface area contributed by atoms with Crippen molar-refractivity contribution >= 4 is 46.5 Å². The molecule has 35 heavy (non-hydrogen) atoms. The van der Waals surface area contributed by atoms with Crippen molar-refractivity contribution in [1.82, 2.24) is 15.2 Å². The Hall–Kier alpha value is -3.86. The van der Waals surface area contributed by atoms with Crippen LogP contribution < -0.4 is 19.7 Å². The van der Waals surface area contributed by atoms with Crippen LogP contribution in [0.15, 0.2) is 47.6 Å². The largest absolute Gasteiger partial charge is 0.497 e. The van der Waals surface area contributed by atoms with Gasteiger partial charge in [0.25, 0.3) is 11.1 Å². The van der Waals surface area contributed by atoms with E-state index in [4.69, 9.17) is 9.47 Å². The molecule has 1 unspecified atom stereocenters. The summed E-state index contributed by atoms with van der Waals surface area (Å²) in [6.07, 6.45) is 4.89. The average Bonchev–Trinajstić information content (AvgIpc) is 3.38. The third kappa shape index (κ3) is 5.29. The quantitative estimate of drug-likeness (QED) is 0.553. The number of hydrogen-bond donors (Lipinski definition) is 1. The number of nitrogens with zero attached hydrogens (tertiary/aromatic N) is 3. The van der Waals surface area contributed by atoms with Gasteiger partial charge in [-0.15, -0.1) is 0 Å². The van der Waals surface area contributed by atoms with Gasteiger partial charge in [-0.2, -0.15) is 0 Å². The van der Waals surface area contributed by atoms with Gasteiger partial charge in [0.15, 0.2) is 0 Å². The van der Waals surface area contributed by atoms with E-state index in [0.29, 0.717) is 22.1 Å².